The van der Waals surface area contributed by atoms with Crippen LogP contribution in [0.3, 0.4) is 0 Å². The lowest BCUT2D eigenvalue weighted by molar-refractivity contribution is -0.117. The van der Waals surface area contributed by atoms with Crippen LogP contribution >= 0.6 is 11.8 Å². The molecule has 3 rings (SSSR count). The maximum Gasteiger partial charge on any atom is 0.265 e. The molecule has 2 amide bonds. The average molecular weight is 361 g/mol. The number of carbonyl (C=O) groups excluding carboxylic acids is 2. The second-order valence-electron chi connectivity index (χ2n) is 6.04. The fraction of sp³-hybridized carbons (Fsp3) is 0.444. The molecule has 6 nitrogen and oxygen atoms in total. The van der Waals surface area contributed by atoms with Crippen molar-refractivity contribution in [3.8, 4) is 0 Å². The van der Waals surface area contributed by atoms with Gasteiger partial charge in [-0.1, -0.05) is 23.9 Å². The Balaban J connectivity index is 1.50. The Morgan fingerprint density at radius 3 is 2.88 bits per heavy atom. The summed E-state index contributed by atoms with van der Waals surface area (Å²) in [6.45, 7) is 5.03. The first-order valence-corrected chi connectivity index (χ1v) is 9.31. The maximum absolute atomic E-state index is 12.4. The van der Waals surface area contributed by atoms with Gasteiger partial charge in [0.2, 0.25) is 5.91 Å². The van der Waals surface area contributed by atoms with Gasteiger partial charge in [0, 0.05) is 37.7 Å². The molecule has 134 valence electrons. The minimum absolute atomic E-state index is 0.146. The SMILES string of the molecule is CN1C(=O)/C(=C\C(=O)NCCCN2CCOCC2)Sc2ccccc21. The van der Waals surface area contributed by atoms with E-state index in [2.05, 4.69) is 10.2 Å². The highest BCUT2D eigenvalue weighted by Gasteiger charge is 2.26. The molecule has 1 fully saturated rings. The number of amides is 2. The van der Waals surface area contributed by atoms with Gasteiger partial charge < -0.3 is 15.0 Å². The Bertz CT molecular complexity index is 671. The van der Waals surface area contributed by atoms with Gasteiger partial charge in [0.15, 0.2) is 0 Å². The third kappa shape index (κ3) is 4.62. The summed E-state index contributed by atoms with van der Waals surface area (Å²) in [5, 5.41) is 2.87. The van der Waals surface area contributed by atoms with Gasteiger partial charge in [0.25, 0.3) is 5.91 Å². The number of ether oxygens (including phenoxy) is 1. The Morgan fingerprint density at radius 2 is 2.08 bits per heavy atom. The van der Waals surface area contributed by atoms with Crippen LogP contribution in [0.4, 0.5) is 5.69 Å². The lowest BCUT2D eigenvalue weighted by Crippen LogP contribution is -2.38. The van der Waals surface area contributed by atoms with E-state index in [1.807, 2.05) is 24.3 Å². The number of anilines is 1. The first kappa shape index (κ1) is 18.0. The number of para-hydroxylation sites is 1. The summed E-state index contributed by atoms with van der Waals surface area (Å²) >= 11 is 1.35. The molecular weight excluding hydrogens is 338 g/mol. The molecule has 2 heterocycles. The van der Waals surface area contributed by atoms with Gasteiger partial charge in [-0.05, 0) is 25.1 Å². The Hall–Kier alpha value is -1.83. The third-order valence-electron chi connectivity index (χ3n) is 4.28. The largest absolute Gasteiger partial charge is 0.379 e. The zero-order valence-corrected chi connectivity index (χ0v) is 15.2. The monoisotopic (exact) mass is 361 g/mol. The molecule has 2 aliphatic rings. The van der Waals surface area contributed by atoms with E-state index in [0.717, 1.165) is 49.9 Å². The van der Waals surface area contributed by atoms with Gasteiger partial charge in [-0.25, -0.2) is 0 Å². The smallest absolute Gasteiger partial charge is 0.265 e. The summed E-state index contributed by atoms with van der Waals surface area (Å²) in [6.07, 6.45) is 2.30. The highest BCUT2D eigenvalue weighted by molar-refractivity contribution is 8.04. The quantitative estimate of drug-likeness (QED) is 0.636. The van der Waals surface area contributed by atoms with Crippen molar-refractivity contribution in [2.75, 3.05) is 51.3 Å². The summed E-state index contributed by atoms with van der Waals surface area (Å²) in [5.41, 5.74) is 0.876. The van der Waals surface area contributed by atoms with E-state index in [4.69, 9.17) is 4.74 Å². The summed E-state index contributed by atoms with van der Waals surface area (Å²) in [5.74, 6) is -0.363. The molecule has 0 spiro atoms. The van der Waals surface area contributed by atoms with Gasteiger partial charge in [-0.15, -0.1) is 0 Å². The maximum atomic E-state index is 12.4. The number of nitrogens with one attached hydrogen (secondary N) is 1. The molecule has 1 N–H and O–H groups in total. The lowest BCUT2D eigenvalue weighted by Gasteiger charge is -2.26. The van der Waals surface area contributed by atoms with Gasteiger partial charge in [-0.2, -0.15) is 0 Å². The number of carbonyl (C=O) groups is 2. The first-order valence-electron chi connectivity index (χ1n) is 8.50. The van der Waals surface area contributed by atoms with Crippen LogP contribution in [0.2, 0.25) is 0 Å². The van der Waals surface area contributed by atoms with E-state index in [1.165, 1.54) is 17.8 Å². The zero-order valence-electron chi connectivity index (χ0n) is 14.4. The third-order valence-corrected chi connectivity index (χ3v) is 5.36. The molecule has 0 aromatic heterocycles. The molecule has 1 aromatic rings. The molecule has 0 aliphatic carbocycles. The van der Waals surface area contributed by atoms with Gasteiger partial charge >= 0.3 is 0 Å². The Kier molecular flexibility index (Phi) is 6.12. The van der Waals surface area contributed by atoms with Crippen LogP contribution in [-0.4, -0.2) is 63.2 Å². The molecule has 2 aliphatic heterocycles. The van der Waals surface area contributed by atoms with Crippen LogP contribution in [0.15, 0.2) is 40.1 Å². The number of morpholine rings is 1. The normalized spacial score (nSPS) is 19.8. The zero-order chi connectivity index (χ0) is 17.6. The van der Waals surface area contributed by atoms with Crippen molar-refractivity contribution in [1.29, 1.82) is 0 Å². The molecule has 0 atom stereocenters. The summed E-state index contributed by atoms with van der Waals surface area (Å²) in [4.78, 5) is 29.9. The number of likely N-dealkylation sites (N-methyl/N-ethyl adjacent to an activating group) is 1. The van der Waals surface area contributed by atoms with Gasteiger partial charge in [0.05, 0.1) is 23.8 Å². The van der Waals surface area contributed by atoms with Crippen molar-refractivity contribution in [3.05, 3.63) is 35.2 Å². The van der Waals surface area contributed by atoms with E-state index in [-0.39, 0.29) is 11.8 Å². The van der Waals surface area contributed by atoms with Crippen molar-refractivity contribution in [1.82, 2.24) is 10.2 Å². The highest BCUT2D eigenvalue weighted by Crippen LogP contribution is 2.40. The van der Waals surface area contributed by atoms with Crippen LogP contribution in [-0.2, 0) is 14.3 Å². The van der Waals surface area contributed by atoms with Crippen molar-refractivity contribution in [2.45, 2.75) is 11.3 Å². The lowest BCUT2D eigenvalue weighted by atomic mass is 10.2. The fourth-order valence-electron chi connectivity index (χ4n) is 2.86. The predicted octanol–water partition coefficient (Wildman–Crippen LogP) is 1.48. The molecular formula is C18H23N3O3S. The standard InChI is InChI=1S/C18H23N3O3S/c1-20-14-5-2-3-6-15(14)25-16(18(20)23)13-17(22)19-7-4-8-21-9-11-24-12-10-21/h2-3,5-6,13H,4,7-12H2,1H3,(H,19,22)/b16-13+. The number of hydrogen-bond donors (Lipinski definition) is 1. The minimum Gasteiger partial charge on any atom is -0.379 e. The average Bonchev–Trinajstić information content (AvgIpc) is 2.64. The number of rotatable bonds is 5. The van der Waals surface area contributed by atoms with Crippen LogP contribution in [0.5, 0.6) is 0 Å². The summed E-state index contributed by atoms with van der Waals surface area (Å²) < 4.78 is 5.32. The second kappa shape index (κ2) is 8.51. The number of thioether (sulfide) groups is 1. The highest BCUT2D eigenvalue weighted by atomic mass is 32.2. The van der Waals surface area contributed by atoms with E-state index < -0.39 is 0 Å². The van der Waals surface area contributed by atoms with E-state index in [1.54, 1.807) is 11.9 Å². The molecule has 0 radical (unpaired) electrons. The van der Waals surface area contributed by atoms with Crippen LogP contribution in [0.25, 0.3) is 0 Å². The van der Waals surface area contributed by atoms with Crippen molar-refractivity contribution in [3.63, 3.8) is 0 Å². The van der Waals surface area contributed by atoms with E-state index >= 15 is 0 Å². The minimum atomic E-state index is -0.217. The molecule has 1 aromatic carbocycles. The number of nitrogens with zero attached hydrogens (tertiary/aromatic N) is 2. The van der Waals surface area contributed by atoms with Crippen molar-refractivity contribution < 1.29 is 14.3 Å². The van der Waals surface area contributed by atoms with Gasteiger partial charge in [-0.3, -0.25) is 14.5 Å². The molecule has 0 saturated carbocycles. The van der Waals surface area contributed by atoms with E-state index in [0.29, 0.717) is 11.4 Å². The first-order chi connectivity index (χ1) is 12.1. The topological polar surface area (TPSA) is 61.9 Å². The molecule has 1 saturated heterocycles. The molecule has 7 heteroatoms. The van der Waals surface area contributed by atoms with Crippen LogP contribution in [0, 0.1) is 0 Å². The summed E-state index contributed by atoms with van der Waals surface area (Å²) in [7, 11) is 1.73. The number of benzene rings is 1. The summed E-state index contributed by atoms with van der Waals surface area (Å²) in [6, 6.07) is 7.69. The predicted molar refractivity (Wildman–Crippen MR) is 98.7 cm³/mol. The number of fused-ring (bicyclic) bond motifs is 1. The van der Waals surface area contributed by atoms with Crippen molar-refractivity contribution >= 4 is 29.3 Å². The second-order valence-corrected chi connectivity index (χ2v) is 7.12. The molecule has 0 unspecified atom stereocenters. The molecule has 0 bridgehead atoms. The Labute approximate surface area is 152 Å². The van der Waals surface area contributed by atoms with Crippen molar-refractivity contribution in [2.24, 2.45) is 0 Å². The van der Waals surface area contributed by atoms with Crippen LogP contribution < -0.4 is 10.2 Å². The number of hydrogen-bond acceptors (Lipinski definition) is 5. The Morgan fingerprint density at radius 1 is 1.32 bits per heavy atom. The van der Waals surface area contributed by atoms with Crippen LogP contribution in [0.1, 0.15) is 6.42 Å². The van der Waals surface area contributed by atoms with E-state index in [9.17, 15) is 9.59 Å². The fourth-order valence-corrected chi connectivity index (χ4v) is 3.94. The molecule has 25 heavy (non-hydrogen) atoms. The van der Waals surface area contributed by atoms with Gasteiger partial charge in [0.1, 0.15) is 0 Å².